The maximum atomic E-state index is 11.7. The number of benzene rings is 1. The zero-order valence-corrected chi connectivity index (χ0v) is 9.07. The number of hydrogen-bond acceptors (Lipinski definition) is 2. The molecule has 1 amide bonds. The quantitative estimate of drug-likeness (QED) is 0.712. The zero-order chi connectivity index (χ0) is 11.1. The molecule has 0 saturated heterocycles. The van der Waals surface area contributed by atoms with Crippen LogP contribution in [0.2, 0.25) is 0 Å². The van der Waals surface area contributed by atoms with Gasteiger partial charge in [0.15, 0.2) is 0 Å². The predicted octanol–water partition coefficient (Wildman–Crippen LogP) is 1.26. The topological polar surface area (TPSA) is 55.1 Å². The highest BCUT2D eigenvalue weighted by Crippen LogP contribution is 2.13. The third kappa shape index (κ3) is 3.72. The minimum Gasteiger partial charge on any atom is -0.356 e. The highest BCUT2D eigenvalue weighted by molar-refractivity contribution is 5.83. The molecule has 0 aliphatic carbocycles. The summed E-state index contributed by atoms with van der Waals surface area (Å²) < 4.78 is 0. The second-order valence-corrected chi connectivity index (χ2v) is 3.57. The van der Waals surface area contributed by atoms with E-state index in [4.69, 9.17) is 5.73 Å². The summed E-state index contributed by atoms with van der Waals surface area (Å²) in [7, 11) is 0. The van der Waals surface area contributed by atoms with Crippen LogP contribution in [0.25, 0.3) is 0 Å². The van der Waals surface area contributed by atoms with E-state index in [0.717, 1.165) is 12.0 Å². The molecule has 0 bridgehead atoms. The van der Waals surface area contributed by atoms with Crippen LogP contribution < -0.4 is 11.1 Å². The van der Waals surface area contributed by atoms with Gasteiger partial charge < -0.3 is 11.1 Å². The second-order valence-electron chi connectivity index (χ2n) is 3.57. The molecule has 3 heteroatoms. The van der Waals surface area contributed by atoms with E-state index in [9.17, 15) is 4.79 Å². The van der Waals surface area contributed by atoms with Crippen molar-refractivity contribution < 1.29 is 4.79 Å². The molecular formula is C12H18N2O. The Balaban J connectivity index is 2.46. The van der Waals surface area contributed by atoms with Crippen LogP contribution >= 0.6 is 0 Å². The third-order valence-corrected chi connectivity index (χ3v) is 2.37. The molecule has 3 N–H and O–H groups in total. The van der Waals surface area contributed by atoms with Gasteiger partial charge in [-0.25, -0.2) is 0 Å². The summed E-state index contributed by atoms with van der Waals surface area (Å²) in [6.07, 6.45) is 0.827. The van der Waals surface area contributed by atoms with Gasteiger partial charge in [-0.3, -0.25) is 4.79 Å². The summed E-state index contributed by atoms with van der Waals surface area (Å²) in [6, 6.07) is 9.76. The molecule has 3 nitrogen and oxygen atoms in total. The fraction of sp³-hybridized carbons (Fsp3) is 0.417. The Morgan fingerprint density at radius 1 is 1.40 bits per heavy atom. The molecule has 0 saturated carbocycles. The number of carbonyl (C=O) groups excluding carboxylic acids is 1. The average Bonchev–Trinajstić information content (AvgIpc) is 2.29. The average molecular weight is 206 g/mol. The lowest BCUT2D eigenvalue weighted by Crippen LogP contribution is -2.29. The Labute approximate surface area is 90.7 Å². The van der Waals surface area contributed by atoms with Gasteiger partial charge in [-0.2, -0.15) is 0 Å². The molecule has 1 rings (SSSR count). The predicted molar refractivity (Wildman–Crippen MR) is 61.5 cm³/mol. The summed E-state index contributed by atoms with van der Waals surface area (Å²) >= 11 is 0. The van der Waals surface area contributed by atoms with Crippen LogP contribution in [-0.4, -0.2) is 19.0 Å². The lowest BCUT2D eigenvalue weighted by atomic mass is 10.0. The molecule has 0 spiro atoms. The first kappa shape index (κ1) is 11.7. The van der Waals surface area contributed by atoms with Crippen molar-refractivity contribution in [3.8, 4) is 0 Å². The largest absolute Gasteiger partial charge is 0.356 e. The van der Waals surface area contributed by atoms with E-state index in [1.165, 1.54) is 0 Å². The Hall–Kier alpha value is -1.35. The highest BCUT2D eigenvalue weighted by Gasteiger charge is 2.13. The fourth-order valence-corrected chi connectivity index (χ4v) is 1.36. The Kier molecular flexibility index (Phi) is 4.84. The van der Waals surface area contributed by atoms with E-state index in [0.29, 0.717) is 13.1 Å². The molecule has 1 atom stereocenters. The van der Waals surface area contributed by atoms with Crippen molar-refractivity contribution in [2.24, 2.45) is 5.73 Å². The number of nitrogens with one attached hydrogen (secondary N) is 1. The first-order chi connectivity index (χ1) is 7.25. The minimum atomic E-state index is -0.0935. The van der Waals surface area contributed by atoms with E-state index in [1.54, 1.807) is 0 Å². The first-order valence-corrected chi connectivity index (χ1v) is 5.28. The van der Waals surface area contributed by atoms with Crippen LogP contribution in [0.4, 0.5) is 0 Å². The molecule has 15 heavy (non-hydrogen) atoms. The summed E-state index contributed by atoms with van der Waals surface area (Å²) in [6.45, 7) is 3.18. The van der Waals surface area contributed by atoms with Gasteiger partial charge in [-0.1, -0.05) is 30.3 Å². The molecule has 0 aromatic heterocycles. The summed E-state index contributed by atoms with van der Waals surface area (Å²) in [5.74, 6) is -0.0291. The van der Waals surface area contributed by atoms with Gasteiger partial charge in [0.1, 0.15) is 0 Å². The van der Waals surface area contributed by atoms with Crippen LogP contribution in [0.1, 0.15) is 24.8 Å². The van der Waals surface area contributed by atoms with E-state index >= 15 is 0 Å². The maximum Gasteiger partial charge on any atom is 0.227 e. The van der Waals surface area contributed by atoms with Gasteiger partial charge in [0.05, 0.1) is 5.92 Å². The normalized spacial score (nSPS) is 12.1. The van der Waals surface area contributed by atoms with Crippen LogP contribution in [0.5, 0.6) is 0 Å². The molecule has 0 radical (unpaired) electrons. The van der Waals surface area contributed by atoms with Gasteiger partial charge >= 0.3 is 0 Å². The van der Waals surface area contributed by atoms with Crippen molar-refractivity contribution in [2.45, 2.75) is 19.3 Å². The Bertz CT molecular complexity index is 298. The van der Waals surface area contributed by atoms with E-state index in [-0.39, 0.29) is 11.8 Å². The van der Waals surface area contributed by atoms with Crippen molar-refractivity contribution in [1.82, 2.24) is 5.32 Å². The van der Waals surface area contributed by atoms with E-state index in [2.05, 4.69) is 5.32 Å². The number of carbonyl (C=O) groups is 1. The molecule has 0 aliphatic rings. The lowest BCUT2D eigenvalue weighted by molar-refractivity contribution is -0.122. The van der Waals surface area contributed by atoms with Crippen LogP contribution in [0.15, 0.2) is 30.3 Å². The molecule has 1 aromatic rings. The lowest BCUT2D eigenvalue weighted by Gasteiger charge is -2.11. The zero-order valence-electron chi connectivity index (χ0n) is 9.07. The van der Waals surface area contributed by atoms with Crippen LogP contribution in [0.3, 0.4) is 0 Å². The van der Waals surface area contributed by atoms with Crippen molar-refractivity contribution in [2.75, 3.05) is 13.1 Å². The van der Waals surface area contributed by atoms with Gasteiger partial charge in [0.2, 0.25) is 5.91 Å². The smallest absolute Gasteiger partial charge is 0.227 e. The van der Waals surface area contributed by atoms with Gasteiger partial charge in [0, 0.05) is 6.54 Å². The summed E-state index contributed by atoms with van der Waals surface area (Å²) in [5.41, 5.74) is 6.39. The fourth-order valence-electron chi connectivity index (χ4n) is 1.36. The molecule has 0 aliphatic heterocycles. The van der Waals surface area contributed by atoms with E-state index in [1.807, 2.05) is 37.3 Å². The van der Waals surface area contributed by atoms with Crippen molar-refractivity contribution in [3.63, 3.8) is 0 Å². The van der Waals surface area contributed by atoms with Crippen molar-refractivity contribution in [1.29, 1.82) is 0 Å². The number of nitrogens with two attached hydrogens (primary N) is 1. The number of rotatable bonds is 5. The van der Waals surface area contributed by atoms with Gasteiger partial charge in [-0.05, 0) is 25.5 Å². The van der Waals surface area contributed by atoms with Gasteiger partial charge in [-0.15, -0.1) is 0 Å². The Morgan fingerprint density at radius 2 is 2.07 bits per heavy atom. The first-order valence-electron chi connectivity index (χ1n) is 5.28. The second kappa shape index (κ2) is 6.19. The SMILES string of the molecule is C[C@H](C(=O)NCCCN)c1ccccc1. The maximum absolute atomic E-state index is 11.7. The van der Waals surface area contributed by atoms with E-state index < -0.39 is 0 Å². The van der Waals surface area contributed by atoms with Crippen LogP contribution in [-0.2, 0) is 4.79 Å². The summed E-state index contributed by atoms with van der Waals surface area (Å²) in [5, 5.41) is 2.86. The Morgan fingerprint density at radius 3 is 2.67 bits per heavy atom. The standard InChI is InChI=1S/C12H18N2O/c1-10(11-6-3-2-4-7-11)12(15)14-9-5-8-13/h2-4,6-7,10H,5,8-9,13H2,1H3,(H,14,15)/t10-/m0/s1. The van der Waals surface area contributed by atoms with Gasteiger partial charge in [0.25, 0.3) is 0 Å². The van der Waals surface area contributed by atoms with Crippen molar-refractivity contribution in [3.05, 3.63) is 35.9 Å². The number of hydrogen-bond donors (Lipinski definition) is 2. The molecule has 1 aromatic carbocycles. The van der Waals surface area contributed by atoms with Crippen molar-refractivity contribution >= 4 is 5.91 Å². The highest BCUT2D eigenvalue weighted by atomic mass is 16.1. The monoisotopic (exact) mass is 206 g/mol. The summed E-state index contributed by atoms with van der Waals surface area (Å²) in [4.78, 5) is 11.7. The molecule has 0 heterocycles. The molecule has 0 unspecified atom stereocenters. The third-order valence-electron chi connectivity index (χ3n) is 2.37. The van der Waals surface area contributed by atoms with Crippen LogP contribution in [0, 0.1) is 0 Å². The molecule has 0 fully saturated rings. The minimum absolute atomic E-state index is 0.0645. The molecular weight excluding hydrogens is 188 g/mol. The number of amides is 1. The molecule has 82 valence electrons.